The summed E-state index contributed by atoms with van der Waals surface area (Å²) in [6.45, 7) is 4.84. The van der Waals surface area contributed by atoms with E-state index in [-0.39, 0.29) is 23.7 Å². The Morgan fingerprint density at radius 2 is 1.90 bits per heavy atom. The molecule has 2 heterocycles. The van der Waals surface area contributed by atoms with Gasteiger partial charge in [0.25, 0.3) is 11.7 Å². The van der Waals surface area contributed by atoms with Crippen molar-refractivity contribution in [1.82, 2.24) is 9.55 Å². The van der Waals surface area contributed by atoms with Gasteiger partial charge in [-0.25, -0.2) is 9.18 Å². The fourth-order valence-electron chi connectivity index (χ4n) is 3.44. The van der Waals surface area contributed by atoms with Gasteiger partial charge in [-0.2, -0.15) is 0 Å². The fourth-order valence-corrected chi connectivity index (χ4v) is 3.44. The van der Waals surface area contributed by atoms with E-state index in [9.17, 15) is 18.8 Å². The summed E-state index contributed by atoms with van der Waals surface area (Å²) in [6, 6.07) is 9.40. The molecule has 0 unspecified atom stereocenters. The number of halogens is 1. The van der Waals surface area contributed by atoms with Gasteiger partial charge in [-0.3, -0.25) is 14.6 Å². The van der Waals surface area contributed by atoms with Crippen LogP contribution in [0.25, 0.3) is 11.4 Å². The van der Waals surface area contributed by atoms with Gasteiger partial charge in [0.15, 0.2) is 0 Å². The summed E-state index contributed by atoms with van der Waals surface area (Å²) in [5, 5.41) is 2.74. The van der Waals surface area contributed by atoms with E-state index in [2.05, 4.69) is 10.3 Å². The van der Waals surface area contributed by atoms with Gasteiger partial charge in [0.2, 0.25) is 0 Å². The second-order valence-electron chi connectivity index (χ2n) is 6.94. The van der Waals surface area contributed by atoms with Crippen molar-refractivity contribution < 1.29 is 23.5 Å². The van der Waals surface area contributed by atoms with E-state index >= 15 is 0 Å². The number of hydrogen-bond acceptors (Lipinski definition) is 5. The average Bonchev–Trinajstić information content (AvgIpc) is 3.01. The van der Waals surface area contributed by atoms with Crippen molar-refractivity contribution in [2.45, 2.75) is 20.8 Å². The summed E-state index contributed by atoms with van der Waals surface area (Å²) in [5.74, 6) is -2.75. The predicted molar refractivity (Wildman–Crippen MR) is 113 cm³/mol. The van der Waals surface area contributed by atoms with E-state index in [1.807, 2.05) is 0 Å². The van der Waals surface area contributed by atoms with Gasteiger partial charge >= 0.3 is 5.97 Å². The number of nitrogens with one attached hydrogen (secondary N) is 1. The number of ketones is 1. The Balaban J connectivity index is 2.14. The van der Waals surface area contributed by atoms with Gasteiger partial charge in [-0.05, 0) is 62.2 Å². The molecule has 8 heteroatoms. The molecule has 0 aliphatic heterocycles. The SMILES string of the molecule is CCOC(=O)C(=O)c1c(C)c(C(=O)Nc2ccc(F)c(C)c2)c(-c2ccccn2)n1C. The van der Waals surface area contributed by atoms with Crippen LogP contribution in [-0.4, -0.2) is 33.8 Å². The van der Waals surface area contributed by atoms with Crippen LogP contribution in [0.2, 0.25) is 0 Å². The van der Waals surface area contributed by atoms with Crippen LogP contribution in [0.4, 0.5) is 10.1 Å². The maximum Gasteiger partial charge on any atom is 0.381 e. The first-order chi connectivity index (χ1) is 14.8. The summed E-state index contributed by atoms with van der Waals surface area (Å²) in [7, 11) is 1.59. The smallest absolute Gasteiger partial charge is 0.381 e. The zero-order chi connectivity index (χ0) is 22.7. The van der Waals surface area contributed by atoms with Crippen LogP contribution in [0.3, 0.4) is 0 Å². The van der Waals surface area contributed by atoms with Crippen LogP contribution in [0.1, 0.15) is 38.9 Å². The largest absolute Gasteiger partial charge is 0.460 e. The number of pyridine rings is 1. The molecule has 160 valence electrons. The summed E-state index contributed by atoms with van der Waals surface area (Å²) in [5.41, 5.74) is 2.16. The third-order valence-electron chi connectivity index (χ3n) is 4.86. The lowest BCUT2D eigenvalue weighted by Crippen LogP contribution is -2.21. The van der Waals surface area contributed by atoms with E-state index in [0.29, 0.717) is 28.2 Å². The highest BCUT2D eigenvalue weighted by atomic mass is 19.1. The fraction of sp³-hybridized carbons (Fsp3) is 0.217. The van der Waals surface area contributed by atoms with Crippen LogP contribution in [0, 0.1) is 19.7 Å². The van der Waals surface area contributed by atoms with Crippen molar-refractivity contribution in [2.24, 2.45) is 7.05 Å². The van der Waals surface area contributed by atoms with Gasteiger partial charge in [-0.1, -0.05) is 6.07 Å². The van der Waals surface area contributed by atoms with Crippen LogP contribution in [0.15, 0.2) is 42.6 Å². The molecule has 3 aromatic rings. The number of aryl methyl sites for hydroxylation is 1. The molecule has 0 atom stereocenters. The number of ether oxygens (including phenoxy) is 1. The number of hydrogen-bond donors (Lipinski definition) is 1. The molecule has 0 saturated heterocycles. The molecule has 2 aromatic heterocycles. The second kappa shape index (κ2) is 8.91. The number of Topliss-reactive ketones (excluding diaryl/α,β-unsaturated/α-hetero) is 1. The Labute approximate surface area is 178 Å². The Morgan fingerprint density at radius 1 is 1.16 bits per heavy atom. The Bertz CT molecular complexity index is 1170. The van der Waals surface area contributed by atoms with Crippen molar-refractivity contribution >= 4 is 23.3 Å². The van der Waals surface area contributed by atoms with Crippen molar-refractivity contribution in [1.29, 1.82) is 0 Å². The molecule has 0 aliphatic rings. The molecule has 31 heavy (non-hydrogen) atoms. The highest BCUT2D eigenvalue weighted by Crippen LogP contribution is 2.31. The Hall–Kier alpha value is -3.81. The minimum absolute atomic E-state index is 0.0412. The maximum absolute atomic E-state index is 13.6. The number of aromatic nitrogens is 2. The maximum atomic E-state index is 13.6. The summed E-state index contributed by atoms with van der Waals surface area (Å²) in [4.78, 5) is 42.4. The number of carbonyl (C=O) groups excluding carboxylic acids is 3. The highest BCUT2D eigenvalue weighted by Gasteiger charge is 2.31. The normalized spacial score (nSPS) is 10.6. The molecule has 1 N–H and O–H groups in total. The summed E-state index contributed by atoms with van der Waals surface area (Å²) >= 11 is 0. The monoisotopic (exact) mass is 423 g/mol. The van der Waals surface area contributed by atoms with Crippen molar-refractivity contribution in [2.75, 3.05) is 11.9 Å². The number of carbonyl (C=O) groups is 3. The number of anilines is 1. The number of nitrogens with zero attached hydrogens (tertiary/aromatic N) is 2. The van der Waals surface area contributed by atoms with E-state index in [0.717, 1.165) is 0 Å². The molecule has 0 fully saturated rings. The van der Waals surface area contributed by atoms with Gasteiger partial charge < -0.3 is 14.6 Å². The molecule has 0 spiro atoms. The average molecular weight is 423 g/mol. The highest BCUT2D eigenvalue weighted by molar-refractivity contribution is 6.41. The van der Waals surface area contributed by atoms with Crippen molar-refractivity contribution in [3.05, 3.63) is 70.8 Å². The lowest BCUT2D eigenvalue weighted by atomic mass is 10.1. The molecule has 0 aliphatic carbocycles. The number of rotatable bonds is 6. The van der Waals surface area contributed by atoms with Crippen LogP contribution in [-0.2, 0) is 16.6 Å². The minimum Gasteiger partial charge on any atom is -0.460 e. The zero-order valence-corrected chi connectivity index (χ0v) is 17.7. The molecule has 7 nitrogen and oxygen atoms in total. The number of amides is 1. The summed E-state index contributed by atoms with van der Waals surface area (Å²) in [6.07, 6.45) is 1.57. The van der Waals surface area contributed by atoms with Crippen molar-refractivity contribution in [3.63, 3.8) is 0 Å². The topological polar surface area (TPSA) is 90.3 Å². The molecule has 0 radical (unpaired) electrons. The lowest BCUT2D eigenvalue weighted by molar-refractivity contribution is -0.137. The van der Waals surface area contributed by atoms with Gasteiger partial charge in [0.1, 0.15) is 11.5 Å². The summed E-state index contributed by atoms with van der Waals surface area (Å²) < 4.78 is 19.9. The molecular weight excluding hydrogens is 401 g/mol. The molecular formula is C23H22FN3O4. The van der Waals surface area contributed by atoms with Crippen LogP contribution in [0.5, 0.6) is 0 Å². The van der Waals surface area contributed by atoms with Crippen LogP contribution < -0.4 is 5.32 Å². The van der Waals surface area contributed by atoms with E-state index in [1.165, 1.54) is 22.8 Å². The lowest BCUT2D eigenvalue weighted by Gasteiger charge is -2.10. The van der Waals surface area contributed by atoms with E-state index in [1.54, 1.807) is 52.2 Å². The molecule has 3 rings (SSSR count). The molecule has 1 amide bonds. The number of benzene rings is 1. The van der Waals surface area contributed by atoms with Gasteiger partial charge in [0.05, 0.1) is 23.6 Å². The first-order valence-electron chi connectivity index (χ1n) is 9.65. The Morgan fingerprint density at radius 3 is 2.52 bits per heavy atom. The van der Waals surface area contributed by atoms with E-state index < -0.39 is 17.7 Å². The van der Waals surface area contributed by atoms with Crippen molar-refractivity contribution in [3.8, 4) is 11.4 Å². The zero-order valence-electron chi connectivity index (χ0n) is 17.7. The van der Waals surface area contributed by atoms with E-state index in [4.69, 9.17) is 4.74 Å². The molecule has 0 bridgehead atoms. The van der Waals surface area contributed by atoms with Crippen LogP contribution >= 0.6 is 0 Å². The molecule has 1 aromatic carbocycles. The second-order valence-corrected chi connectivity index (χ2v) is 6.94. The first kappa shape index (κ1) is 21.9. The Kier molecular flexibility index (Phi) is 6.29. The molecule has 0 saturated carbocycles. The minimum atomic E-state index is -1.00. The third kappa shape index (κ3) is 4.23. The first-order valence-corrected chi connectivity index (χ1v) is 9.65. The third-order valence-corrected chi connectivity index (χ3v) is 4.86. The predicted octanol–water partition coefficient (Wildman–Crippen LogP) is 3.84. The van der Waals surface area contributed by atoms with Gasteiger partial charge in [-0.15, -0.1) is 0 Å². The number of esters is 1. The standard InChI is InChI=1S/C23H22FN3O4/c1-5-31-23(30)21(28)19-14(3)18(20(27(19)4)17-8-6-7-11-25-17)22(29)26-15-9-10-16(24)13(2)12-15/h6-12H,5H2,1-4H3,(H,26,29). The van der Waals surface area contributed by atoms with Gasteiger partial charge in [0, 0.05) is 18.9 Å². The quantitative estimate of drug-likeness (QED) is 0.370.